The predicted octanol–water partition coefficient (Wildman–Crippen LogP) is 1.86. The minimum absolute atomic E-state index is 0.115. The van der Waals surface area contributed by atoms with E-state index in [4.69, 9.17) is 0 Å². The molecule has 0 saturated heterocycles. The third-order valence-electron chi connectivity index (χ3n) is 2.37. The summed E-state index contributed by atoms with van der Waals surface area (Å²) in [6.07, 6.45) is 1.13. The fraction of sp³-hybridized carbons (Fsp3) is 0.545. The zero-order valence-electron chi connectivity index (χ0n) is 10.2. The summed E-state index contributed by atoms with van der Waals surface area (Å²) in [6.45, 7) is 6.17. The van der Waals surface area contributed by atoms with E-state index in [0.29, 0.717) is 17.4 Å². The molecular formula is C11H16N4OS. The molecule has 92 valence electrons. The number of nitrogens with one attached hydrogen (secondary N) is 1. The van der Waals surface area contributed by atoms with Crippen LogP contribution in [0.2, 0.25) is 0 Å². The SMILES string of the molecule is Cc1cc(=O)n2[nH]c(SCCC(C)C)nc2n1. The van der Waals surface area contributed by atoms with Gasteiger partial charge in [-0.25, -0.2) is 4.98 Å². The van der Waals surface area contributed by atoms with Crippen molar-refractivity contribution in [2.75, 3.05) is 5.75 Å². The molecule has 0 aromatic carbocycles. The molecule has 2 aromatic heterocycles. The Bertz CT molecular complexity index is 572. The van der Waals surface area contributed by atoms with E-state index in [1.165, 1.54) is 10.6 Å². The first-order valence-corrected chi connectivity index (χ1v) is 6.64. The van der Waals surface area contributed by atoms with Crippen LogP contribution in [0.15, 0.2) is 16.0 Å². The van der Waals surface area contributed by atoms with Crippen LogP contribution < -0.4 is 5.56 Å². The number of H-pyrrole nitrogens is 1. The molecule has 2 rings (SSSR count). The highest BCUT2D eigenvalue weighted by Gasteiger charge is 2.06. The van der Waals surface area contributed by atoms with E-state index in [1.54, 1.807) is 18.7 Å². The third-order valence-corrected chi connectivity index (χ3v) is 3.27. The molecule has 0 fully saturated rings. The second kappa shape index (κ2) is 4.91. The van der Waals surface area contributed by atoms with Gasteiger partial charge in [-0.05, 0) is 19.3 Å². The summed E-state index contributed by atoms with van der Waals surface area (Å²) in [5, 5.41) is 3.71. The molecule has 0 unspecified atom stereocenters. The van der Waals surface area contributed by atoms with Crippen molar-refractivity contribution >= 4 is 17.5 Å². The quantitative estimate of drug-likeness (QED) is 0.844. The van der Waals surface area contributed by atoms with Crippen LogP contribution in [0.3, 0.4) is 0 Å². The Kier molecular flexibility index (Phi) is 3.51. The topological polar surface area (TPSA) is 63.0 Å². The Balaban J connectivity index is 2.20. The predicted molar refractivity (Wildman–Crippen MR) is 68.5 cm³/mol. The molecule has 0 aliphatic carbocycles. The number of aromatic amines is 1. The zero-order valence-corrected chi connectivity index (χ0v) is 11.0. The molecule has 6 heteroatoms. The molecule has 17 heavy (non-hydrogen) atoms. The number of fused-ring (bicyclic) bond motifs is 1. The summed E-state index contributed by atoms with van der Waals surface area (Å²) in [7, 11) is 0. The molecule has 0 bridgehead atoms. The van der Waals surface area contributed by atoms with Gasteiger partial charge in [0.15, 0.2) is 5.16 Å². The first-order chi connectivity index (χ1) is 8.06. The van der Waals surface area contributed by atoms with E-state index < -0.39 is 0 Å². The Morgan fingerprint density at radius 3 is 2.94 bits per heavy atom. The average Bonchev–Trinajstić information content (AvgIpc) is 2.60. The van der Waals surface area contributed by atoms with Crippen molar-refractivity contribution in [2.24, 2.45) is 5.92 Å². The maximum atomic E-state index is 11.6. The molecule has 0 radical (unpaired) electrons. The lowest BCUT2D eigenvalue weighted by molar-refractivity contribution is 0.631. The van der Waals surface area contributed by atoms with Crippen LogP contribution in [0.25, 0.3) is 5.78 Å². The Morgan fingerprint density at radius 2 is 2.24 bits per heavy atom. The first-order valence-electron chi connectivity index (χ1n) is 5.65. The molecule has 0 atom stereocenters. The largest absolute Gasteiger partial charge is 0.274 e. The Hall–Kier alpha value is -1.30. The van der Waals surface area contributed by atoms with E-state index in [2.05, 4.69) is 28.9 Å². The van der Waals surface area contributed by atoms with Crippen molar-refractivity contribution in [1.82, 2.24) is 19.6 Å². The smallest absolute Gasteiger partial charge is 0.267 e. The van der Waals surface area contributed by atoms with Crippen LogP contribution in [-0.4, -0.2) is 25.3 Å². The van der Waals surface area contributed by atoms with Crippen molar-refractivity contribution in [2.45, 2.75) is 32.3 Å². The number of rotatable bonds is 4. The van der Waals surface area contributed by atoms with E-state index >= 15 is 0 Å². The van der Waals surface area contributed by atoms with Crippen molar-refractivity contribution in [3.63, 3.8) is 0 Å². The van der Waals surface area contributed by atoms with Gasteiger partial charge < -0.3 is 0 Å². The lowest BCUT2D eigenvalue weighted by Gasteiger charge is -2.00. The summed E-state index contributed by atoms with van der Waals surface area (Å²) in [5.74, 6) is 2.11. The highest BCUT2D eigenvalue weighted by atomic mass is 32.2. The standard InChI is InChI=1S/C11H16N4OS/c1-7(2)4-5-17-11-13-10-12-8(3)6-9(16)15(10)14-11/h6-7H,4-5H2,1-3H3,(H,12,13,14). The van der Waals surface area contributed by atoms with Crippen molar-refractivity contribution in [3.8, 4) is 0 Å². The Morgan fingerprint density at radius 1 is 1.47 bits per heavy atom. The molecule has 1 N–H and O–H groups in total. The third kappa shape index (κ3) is 2.88. The summed E-state index contributed by atoms with van der Waals surface area (Å²) in [4.78, 5) is 20.1. The van der Waals surface area contributed by atoms with Gasteiger partial charge in [-0.2, -0.15) is 9.50 Å². The van der Waals surface area contributed by atoms with E-state index in [1.807, 2.05) is 0 Å². The summed E-state index contributed by atoms with van der Waals surface area (Å²) in [5.41, 5.74) is 0.580. The number of nitrogens with zero attached hydrogens (tertiary/aromatic N) is 3. The van der Waals surface area contributed by atoms with Gasteiger partial charge in [0.1, 0.15) is 0 Å². The van der Waals surface area contributed by atoms with Gasteiger partial charge >= 0.3 is 0 Å². The molecule has 2 aromatic rings. The highest BCUT2D eigenvalue weighted by Crippen LogP contribution is 2.16. The minimum Gasteiger partial charge on any atom is -0.267 e. The van der Waals surface area contributed by atoms with Gasteiger partial charge in [0.25, 0.3) is 11.3 Å². The maximum Gasteiger partial charge on any atom is 0.274 e. The second-order valence-corrected chi connectivity index (χ2v) is 5.51. The molecule has 0 amide bonds. The van der Waals surface area contributed by atoms with Crippen molar-refractivity contribution in [1.29, 1.82) is 0 Å². The lowest BCUT2D eigenvalue weighted by atomic mass is 10.2. The first kappa shape index (κ1) is 12.2. The summed E-state index contributed by atoms with van der Waals surface area (Å²) >= 11 is 1.62. The number of hydrogen-bond acceptors (Lipinski definition) is 4. The highest BCUT2D eigenvalue weighted by molar-refractivity contribution is 7.99. The number of aryl methyl sites for hydroxylation is 1. The molecule has 0 aliphatic rings. The lowest BCUT2D eigenvalue weighted by Crippen LogP contribution is -2.14. The zero-order chi connectivity index (χ0) is 12.4. The second-order valence-electron chi connectivity index (χ2n) is 4.43. The van der Waals surface area contributed by atoms with E-state index in [0.717, 1.165) is 17.3 Å². The van der Waals surface area contributed by atoms with Gasteiger partial charge in [0, 0.05) is 17.5 Å². The van der Waals surface area contributed by atoms with Gasteiger partial charge in [-0.15, -0.1) is 0 Å². The normalized spacial score (nSPS) is 11.5. The fourth-order valence-electron chi connectivity index (χ4n) is 1.43. The number of hydrogen-bond donors (Lipinski definition) is 1. The maximum absolute atomic E-state index is 11.6. The van der Waals surface area contributed by atoms with Crippen LogP contribution >= 0.6 is 11.8 Å². The molecule has 0 saturated carbocycles. The monoisotopic (exact) mass is 252 g/mol. The molecule has 5 nitrogen and oxygen atoms in total. The van der Waals surface area contributed by atoms with Crippen molar-refractivity contribution < 1.29 is 0 Å². The minimum atomic E-state index is -0.115. The van der Waals surface area contributed by atoms with Crippen LogP contribution in [-0.2, 0) is 0 Å². The number of thioether (sulfide) groups is 1. The fourth-order valence-corrected chi connectivity index (χ4v) is 2.51. The Labute approximate surface area is 104 Å². The van der Waals surface area contributed by atoms with Crippen LogP contribution in [0, 0.1) is 12.8 Å². The van der Waals surface area contributed by atoms with Gasteiger partial charge in [-0.3, -0.25) is 9.89 Å². The number of aromatic nitrogens is 4. The summed E-state index contributed by atoms with van der Waals surface area (Å²) in [6, 6.07) is 1.49. The molecular weight excluding hydrogens is 236 g/mol. The molecule has 0 aliphatic heterocycles. The van der Waals surface area contributed by atoms with Gasteiger partial charge in [-0.1, -0.05) is 25.6 Å². The van der Waals surface area contributed by atoms with E-state index in [9.17, 15) is 4.79 Å². The van der Waals surface area contributed by atoms with E-state index in [-0.39, 0.29) is 5.56 Å². The van der Waals surface area contributed by atoms with Crippen LogP contribution in [0.4, 0.5) is 0 Å². The van der Waals surface area contributed by atoms with Gasteiger partial charge in [0.2, 0.25) is 0 Å². The van der Waals surface area contributed by atoms with Gasteiger partial charge in [0.05, 0.1) is 0 Å². The summed E-state index contributed by atoms with van der Waals surface area (Å²) < 4.78 is 1.38. The molecule has 2 heterocycles. The van der Waals surface area contributed by atoms with Crippen LogP contribution in [0.5, 0.6) is 0 Å². The van der Waals surface area contributed by atoms with Crippen LogP contribution in [0.1, 0.15) is 26.0 Å². The van der Waals surface area contributed by atoms with Crippen molar-refractivity contribution in [3.05, 3.63) is 22.1 Å². The molecule has 0 spiro atoms. The average molecular weight is 252 g/mol.